The van der Waals surface area contributed by atoms with Gasteiger partial charge in [0.15, 0.2) is 16.3 Å². The van der Waals surface area contributed by atoms with Gasteiger partial charge in [0.2, 0.25) is 0 Å². The number of allylic oxidation sites excluding steroid dienone is 1. The molecule has 0 spiro atoms. The summed E-state index contributed by atoms with van der Waals surface area (Å²) in [7, 11) is 3.13. The minimum Gasteiger partial charge on any atom is -0.497 e. The van der Waals surface area contributed by atoms with E-state index in [0.717, 1.165) is 27.8 Å². The number of fused-ring (bicyclic) bond motifs is 1. The van der Waals surface area contributed by atoms with E-state index in [4.69, 9.17) is 19.2 Å². The number of benzene rings is 4. The molecule has 48 heavy (non-hydrogen) atoms. The van der Waals surface area contributed by atoms with Crippen molar-refractivity contribution < 1.29 is 23.4 Å². The van der Waals surface area contributed by atoms with E-state index in [1.165, 1.54) is 23.5 Å². The van der Waals surface area contributed by atoms with Crippen LogP contribution >= 0.6 is 11.3 Å². The average Bonchev–Trinajstić information content (AvgIpc) is 3.38. The molecule has 10 heteroatoms. The zero-order valence-electron chi connectivity index (χ0n) is 27.2. The minimum absolute atomic E-state index is 0.235. The van der Waals surface area contributed by atoms with Crippen LogP contribution in [0.5, 0.6) is 17.2 Å². The summed E-state index contributed by atoms with van der Waals surface area (Å²) in [5.41, 5.74) is 5.61. The number of anilines is 1. The molecule has 244 valence electrons. The number of amides is 1. The molecule has 0 radical (unpaired) electrons. The van der Waals surface area contributed by atoms with E-state index in [9.17, 15) is 14.0 Å². The van der Waals surface area contributed by atoms with E-state index < -0.39 is 6.04 Å². The first-order chi connectivity index (χ1) is 23.1. The molecule has 1 aliphatic rings. The summed E-state index contributed by atoms with van der Waals surface area (Å²) in [6, 6.07) is 23.9. The summed E-state index contributed by atoms with van der Waals surface area (Å²) in [4.78, 5) is 33.4. The average molecular weight is 664 g/mol. The largest absolute Gasteiger partial charge is 0.497 e. The van der Waals surface area contributed by atoms with Gasteiger partial charge in [-0.3, -0.25) is 14.2 Å². The number of carbonyl (C=O) groups is 1. The summed E-state index contributed by atoms with van der Waals surface area (Å²) in [6.07, 6.45) is 1.77. The van der Waals surface area contributed by atoms with Gasteiger partial charge in [-0.1, -0.05) is 59.4 Å². The number of thiazole rings is 1. The molecule has 0 unspecified atom stereocenters. The van der Waals surface area contributed by atoms with E-state index in [-0.39, 0.29) is 23.9 Å². The Morgan fingerprint density at radius 1 is 0.938 bits per heavy atom. The maximum absolute atomic E-state index is 14.2. The first-order valence-electron chi connectivity index (χ1n) is 15.3. The van der Waals surface area contributed by atoms with Crippen molar-refractivity contribution in [3.63, 3.8) is 0 Å². The molecular weight excluding hydrogens is 629 g/mol. The fraction of sp³-hybridized carbons (Fsp3) is 0.184. The van der Waals surface area contributed by atoms with Crippen LogP contribution in [0.25, 0.3) is 6.08 Å². The first kappa shape index (κ1) is 32.5. The quantitative estimate of drug-likeness (QED) is 0.202. The summed E-state index contributed by atoms with van der Waals surface area (Å²) >= 11 is 1.25. The second-order valence-electron chi connectivity index (χ2n) is 11.5. The number of nitrogens with one attached hydrogen (secondary N) is 1. The van der Waals surface area contributed by atoms with Crippen molar-refractivity contribution in [2.45, 2.75) is 33.4 Å². The SMILES string of the molecule is COc1ccc([C@H]2C(C(=O)Nc3ccc(C)cc3C)=C(C)N=c3s/c(=C/c4ccc(OCc5ccc(F)cc5)c(OC)c4)c(=O)n32)cc1. The second kappa shape index (κ2) is 13.7. The van der Waals surface area contributed by atoms with Crippen LogP contribution in [0.2, 0.25) is 0 Å². The Labute approximate surface area is 281 Å². The number of methoxy groups -OCH3 is 2. The highest BCUT2D eigenvalue weighted by Crippen LogP contribution is 2.33. The molecule has 0 fully saturated rings. The van der Waals surface area contributed by atoms with Gasteiger partial charge in [0.1, 0.15) is 18.2 Å². The van der Waals surface area contributed by atoms with Gasteiger partial charge in [-0.05, 0) is 91.6 Å². The van der Waals surface area contributed by atoms with Crippen molar-refractivity contribution in [3.8, 4) is 17.2 Å². The van der Waals surface area contributed by atoms with Crippen molar-refractivity contribution >= 4 is 29.0 Å². The molecule has 1 atom stereocenters. The molecule has 0 aliphatic carbocycles. The van der Waals surface area contributed by atoms with Crippen molar-refractivity contribution in [2.24, 2.45) is 4.99 Å². The fourth-order valence-electron chi connectivity index (χ4n) is 5.64. The van der Waals surface area contributed by atoms with Gasteiger partial charge in [0.25, 0.3) is 11.5 Å². The van der Waals surface area contributed by atoms with Crippen LogP contribution in [-0.2, 0) is 11.4 Å². The molecule has 1 N–H and O–H groups in total. The zero-order valence-corrected chi connectivity index (χ0v) is 28.0. The van der Waals surface area contributed by atoms with Crippen LogP contribution in [-0.4, -0.2) is 24.7 Å². The lowest BCUT2D eigenvalue weighted by Crippen LogP contribution is -2.40. The fourth-order valence-corrected chi connectivity index (χ4v) is 6.69. The summed E-state index contributed by atoms with van der Waals surface area (Å²) in [6.45, 7) is 5.97. The number of nitrogens with zero attached hydrogens (tertiary/aromatic N) is 2. The van der Waals surface area contributed by atoms with Crippen LogP contribution in [0, 0.1) is 19.7 Å². The third kappa shape index (κ3) is 6.65. The highest BCUT2D eigenvalue weighted by atomic mass is 32.1. The molecule has 8 nitrogen and oxygen atoms in total. The lowest BCUT2D eigenvalue weighted by molar-refractivity contribution is -0.113. The van der Waals surface area contributed by atoms with E-state index in [2.05, 4.69) is 5.32 Å². The van der Waals surface area contributed by atoms with Crippen molar-refractivity contribution in [3.05, 3.63) is 150 Å². The Bertz CT molecular complexity index is 2220. The molecule has 0 bridgehead atoms. The van der Waals surface area contributed by atoms with Gasteiger partial charge >= 0.3 is 0 Å². The maximum atomic E-state index is 14.2. The summed E-state index contributed by atoms with van der Waals surface area (Å²) < 4.78 is 32.2. The number of aryl methyl sites for hydroxylation is 2. The number of hydrogen-bond acceptors (Lipinski definition) is 7. The molecule has 6 rings (SSSR count). The van der Waals surface area contributed by atoms with Crippen LogP contribution in [0.3, 0.4) is 0 Å². The third-order valence-corrected chi connectivity index (χ3v) is 9.10. The molecule has 4 aromatic carbocycles. The number of halogens is 1. The molecule has 1 aromatic heterocycles. The van der Waals surface area contributed by atoms with Gasteiger partial charge in [0, 0.05) is 5.69 Å². The lowest BCUT2D eigenvalue weighted by atomic mass is 9.95. The second-order valence-corrected chi connectivity index (χ2v) is 12.5. The topological polar surface area (TPSA) is 91.2 Å². The van der Waals surface area contributed by atoms with E-state index in [1.807, 2.05) is 62.4 Å². The number of hydrogen-bond donors (Lipinski definition) is 1. The molecule has 5 aromatic rings. The van der Waals surface area contributed by atoms with Crippen molar-refractivity contribution in [1.82, 2.24) is 4.57 Å². The van der Waals surface area contributed by atoms with Crippen LogP contribution in [0.4, 0.5) is 10.1 Å². The normalized spacial score (nSPS) is 14.3. The number of carbonyl (C=O) groups excluding carboxylic acids is 1. The van der Waals surface area contributed by atoms with E-state index in [0.29, 0.717) is 43.5 Å². The number of aromatic nitrogens is 1. The van der Waals surface area contributed by atoms with Crippen molar-refractivity contribution in [1.29, 1.82) is 0 Å². The third-order valence-electron chi connectivity index (χ3n) is 8.12. The molecule has 2 heterocycles. The Hall–Kier alpha value is -5.48. The Morgan fingerprint density at radius 2 is 1.69 bits per heavy atom. The number of rotatable bonds is 9. The molecular formula is C38H34FN3O5S. The first-order valence-corrected chi connectivity index (χ1v) is 16.1. The van der Waals surface area contributed by atoms with Crippen LogP contribution < -0.4 is 34.4 Å². The lowest BCUT2D eigenvalue weighted by Gasteiger charge is -2.25. The van der Waals surface area contributed by atoms with Gasteiger partial charge in [0.05, 0.1) is 36.1 Å². The predicted octanol–water partition coefficient (Wildman–Crippen LogP) is 6.23. The minimum atomic E-state index is -0.725. The zero-order chi connectivity index (χ0) is 33.9. The molecule has 0 saturated heterocycles. The van der Waals surface area contributed by atoms with Gasteiger partial charge in [-0.2, -0.15) is 0 Å². The van der Waals surface area contributed by atoms with Gasteiger partial charge in [-0.25, -0.2) is 9.38 Å². The number of ether oxygens (including phenoxy) is 3. The maximum Gasteiger partial charge on any atom is 0.271 e. The monoisotopic (exact) mass is 663 g/mol. The Morgan fingerprint density at radius 3 is 2.38 bits per heavy atom. The molecule has 0 saturated carbocycles. The molecule has 1 aliphatic heterocycles. The highest BCUT2D eigenvalue weighted by Gasteiger charge is 2.32. The molecule has 1 amide bonds. The van der Waals surface area contributed by atoms with Gasteiger partial charge in [-0.15, -0.1) is 0 Å². The van der Waals surface area contributed by atoms with Gasteiger partial charge < -0.3 is 19.5 Å². The Balaban J connectivity index is 1.38. The highest BCUT2D eigenvalue weighted by molar-refractivity contribution is 7.07. The Kier molecular flexibility index (Phi) is 9.27. The summed E-state index contributed by atoms with van der Waals surface area (Å²) in [5.74, 6) is 1.01. The van der Waals surface area contributed by atoms with Crippen LogP contribution in [0.1, 0.15) is 40.8 Å². The predicted molar refractivity (Wildman–Crippen MR) is 185 cm³/mol. The van der Waals surface area contributed by atoms with E-state index in [1.54, 1.807) is 56.1 Å². The standard InChI is InChI=1S/C38H34FN3O5S/c1-22-6-16-30(23(2)18-22)41-36(43)34-24(3)40-38-42(35(34)27-10-14-29(45-4)15-11-27)37(44)33(48-38)20-26-9-17-31(32(19-26)46-5)47-21-25-7-12-28(39)13-8-25/h6-20,35H,21H2,1-5H3,(H,41,43)/b33-20+/t35-/m0/s1. The van der Waals surface area contributed by atoms with Crippen molar-refractivity contribution in [2.75, 3.05) is 19.5 Å². The smallest absolute Gasteiger partial charge is 0.271 e. The summed E-state index contributed by atoms with van der Waals surface area (Å²) in [5, 5.41) is 3.05. The van der Waals surface area contributed by atoms with Crippen LogP contribution in [0.15, 0.2) is 106 Å². The van der Waals surface area contributed by atoms with E-state index >= 15 is 0 Å².